The Bertz CT molecular complexity index is 1770. The molecule has 54 heavy (non-hydrogen) atoms. The third-order valence-corrected chi connectivity index (χ3v) is 7.93. The Morgan fingerprint density at radius 2 is 0.444 bits per heavy atom. The van der Waals surface area contributed by atoms with Gasteiger partial charge in [-0.15, -0.1) is 0 Å². The van der Waals surface area contributed by atoms with E-state index in [0.717, 1.165) is 22.7 Å². The fourth-order valence-corrected chi connectivity index (χ4v) is 5.92. The van der Waals surface area contributed by atoms with Gasteiger partial charge in [-0.25, -0.2) is 0 Å². The fraction of sp³-hybridized carbons (Fsp3) is 0.269. The lowest BCUT2D eigenvalue weighted by atomic mass is 9.95. The number of para-hydroxylation sites is 2. The molecule has 0 N–H and O–H groups in total. The highest BCUT2D eigenvalue weighted by molar-refractivity contribution is 6.23. The second-order valence-corrected chi connectivity index (χ2v) is 10.8. The zero-order valence-electron chi connectivity index (χ0n) is 35.9. The van der Waals surface area contributed by atoms with Crippen LogP contribution in [-0.2, 0) is 0 Å². The van der Waals surface area contributed by atoms with Crippen molar-refractivity contribution in [2.75, 3.05) is 9.80 Å². The molecule has 0 atom stereocenters. The second kappa shape index (κ2) is 26.4. The van der Waals surface area contributed by atoms with Crippen LogP contribution in [0.25, 0.3) is 21.5 Å². The number of hydrogen-bond donors (Lipinski definition) is 0. The summed E-state index contributed by atoms with van der Waals surface area (Å²) in [7, 11) is 0. The molecule has 7 aromatic carbocycles. The monoisotopic (exact) mass is 721 g/mol. The summed E-state index contributed by atoms with van der Waals surface area (Å²) in [5.41, 5.74) is 9.36. The summed E-state index contributed by atoms with van der Waals surface area (Å²) in [6, 6.07) is 56.7. The summed E-state index contributed by atoms with van der Waals surface area (Å²) in [6.45, 7) is 28.3. The van der Waals surface area contributed by atoms with E-state index < -0.39 is 0 Å². The summed E-state index contributed by atoms with van der Waals surface area (Å²) >= 11 is 0. The van der Waals surface area contributed by atoms with E-state index in [1.165, 1.54) is 44.0 Å². The minimum absolute atomic E-state index is 1.13. The Labute approximate surface area is 330 Å². The molecule has 0 fully saturated rings. The molecule has 0 unspecified atom stereocenters. The lowest BCUT2D eigenvalue weighted by Gasteiger charge is -2.32. The van der Waals surface area contributed by atoms with Crippen molar-refractivity contribution >= 4 is 55.7 Å². The molecule has 0 bridgehead atoms. The molecule has 0 heterocycles. The van der Waals surface area contributed by atoms with Gasteiger partial charge in [0.25, 0.3) is 0 Å². The maximum Gasteiger partial charge on any atom is 0.0619 e. The normalized spacial score (nSPS) is 9.30. The van der Waals surface area contributed by atoms with Crippen LogP contribution in [0.3, 0.4) is 0 Å². The Balaban J connectivity index is 0.00000111. The summed E-state index contributed by atoms with van der Waals surface area (Å²) in [6.07, 6.45) is 0. The predicted octanol–water partition coefficient (Wildman–Crippen LogP) is 17.7. The quantitative estimate of drug-likeness (QED) is 0.125. The average Bonchev–Trinajstić information content (AvgIpc) is 3.28. The number of fused-ring (bicyclic) bond motifs is 2. The van der Waals surface area contributed by atoms with E-state index >= 15 is 0 Å². The lowest BCUT2D eigenvalue weighted by molar-refractivity contribution is 1.28. The molecule has 0 saturated heterocycles. The summed E-state index contributed by atoms with van der Waals surface area (Å²) in [4.78, 5) is 4.82. The Morgan fingerprint density at radius 3 is 0.685 bits per heavy atom. The van der Waals surface area contributed by atoms with Crippen LogP contribution in [0, 0.1) is 13.8 Å². The molecular weight excluding hydrogens is 653 g/mol. The van der Waals surface area contributed by atoms with Crippen molar-refractivity contribution in [2.24, 2.45) is 0 Å². The molecule has 0 aromatic heterocycles. The van der Waals surface area contributed by atoms with E-state index in [1.807, 2.05) is 83.1 Å². The highest BCUT2D eigenvalue weighted by Crippen LogP contribution is 2.50. The van der Waals surface area contributed by atoms with Gasteiger partial charge in [0.15, 0.2) is 0 Å². The molecule has 7 rings (SSSR count). The predicted molar refractivity (Wildman–Crippen MR) is 248 cm³/mol. The van der Waals surface area contributed by atoms with Gasteiger partial charge in [-0.1, -0.05) is 203 Å². The maximum absolute atomic E-state index is 2.41. The lowest BCUT2D eigenvalue weighted by Crippen LogP contribution is -2.14. The van der Waals surface area contributed by atoms with Crippen LogP contribution in [0.1, 0.15) is 94.2 Å². The van der Waals surface area contributed by atoms with Gasteiger partial charge in [-0.3, -0.25) is 0 Å². The van der Waals surface area contributed by atoms with Crippen molar-refractivity contribution in [3.63, 3.8) is 0 Å². The zero-order chi connectivity index (χ0) is 40.5. The molecule has 286 valence electrons. The first kappa shape index (κ1) is 46.7. The van der Waals surface area contributed by atoms with Crippen LogP contribution in [0.5, 0.6) is 0 Å². The molecule has 0 aliphatic heterocycles. The number of rotatable bonds is 6. The molecule has 2 nitrogen and oxygen atoms in total. The molecule has 2 heteroatoms. The largest absolute Gasteiger partial charge is 0.309 e. The summed E-state index contributed by atoms with van der Waals surface area (Å²) in [5.74, 6) is 0. The van der Waals surface area contributed by atoms with Crippen LogP contribution in [0.15, 0.2) is 158 Å². The molecule has 0 aliphatic carbocycles. The maximum atomic E-state index is 2.41. The zero-order valence-corrected chi connectivity index (χ0v) is 35.9. The number of benzene rings is 7. The van der Waals surface area contributed by atoms with Gasteiger partial charge in [0.2, 0.25) is 0 Å². The molecule has 0 spiro atoms. The van der Waals surface area contributed by atoms with Gasteiger partial charge in [-0.05, 0) is 62.4 Å². The van der Waals surface area contributed by atoms with Gasteiger partial charge in [0.1, 0.15) is 0 Å². The highest BCUT2D eigenvalue weighted by atomic mass is 15.2. The number of anilines is 6. The minimum Gasteiger partial charge on any atom is -0.309 e. The standard InChI is InChI=1S/C40H32N2.6C2H6/c1-29-21-25-33(26-22-29)41(31-13-5-3-6-14-31)39-35-17-9-11-19-37(35)40(38-20-12-10-18-36(38)39)42(32-15-7-4-8-16-32)34-27-23-30(2)24-28-34;6*1-2/h3-28H,1-2H3;6*1-2H3. The minimum atomic E-state index is 1.13. The first-order valence-corrected chi connectivity index (χ1v) is 20.5. The average molecular weight is 721 g/mol. The van der Waals surface area contributed by atoms with E-state index in [0.29, 0.717) is 0 Å². The van der Waals surface area contributed by atoms with Gasteiger partial charge in [0.05, 0.1) is 11.4 Å². The van der Waals surface area contributed by atoms with Gasteiger partial charge in [-0.2, -0.15) is 0 Å². The van der Waals surface area contributed by atoms with Gasteiger partial charge < -0.3 is 9.80 Å². The Kier molecular flexibility index (Phi) is 22.8. The van der Waals surface area contributed by atoms with Crippen molar-refractivity contribution in [1.82, 2.24) is 0 Å². The van der Waals surface area contributed by atoms with Gasteiger partial charge in [0, 0.05) is 44.3 Å². The van der Waals surface area contributed by atoms with Crippen molar-refractivity contribution in [1.29, 1.82) is 0 Å². The van der Waals surface area contributed by atoms with E-state index in [-0.39, 0.29) is 0 Å². The van der Waals surface area contributed by atoms with E-state index in [4.69, 9.17) is 0 Å². The second-order valence-electron chi connectivity index (χ2n) is 10.8. The Morgan fingerprint density at radius 1 is 0.241 bits per heavy atom. The SMILES string of the molecule is CC.CC.CC.CC.CC.CC.Cc1ccc(N(c2ccccc2)c2c3ccccc3c(N(c3ccccc3)c3ccc(C)cc3)c3ccccc23)cc1. The number of nitrogens with zero attached hydrogens (tertiary/aromatic N) is 2. The number of hydrogen-bond acceptors (Lipinski definition) is 2. The topological polar surface area (TPSA) is 6.48 Å². The third kappa shape index (κ3) is 11.3. The van der Waals surface area contributed by atoms with Crippen LogP contribution in [0.4, 0.5) is 34.1 Å². The van der Waals surface area contributed by atoms with Crippen LogP contribution >= 0.6 is 0 Å². The molecular formula is C52H68N2. The van der Waals surface area contributed by atoms with Crippen molar-refractivity contribution in [2.45, 2.75) is 96.9 Å². The smallest absolute Gasteiger partial charge is 0.0619 e. The molecule has 0 amide bonds. The van der Waals surface area contributed by atoms with E-state index in [1.54, 1.807) is 0 Å². The first-order chi connectivity index (χ1) is 26.7. The molecule has 0 aliphatic rings. The van der Waals surface area contributed by atoms with Crippen LogP contribution in [-0.4, -0.2) is 0 Å². The number of aryl methyl sites for hydroxylation is 2. The van der Waals surface area contributed by atoms with E-state index in [2.05, 4.69) is 181 Å². The fourth-order valence-electron chi connectivity index (χ4n) is 5.92. The van der Waals surface area contributed by atoms with Crippen LogP contribution < -0.4 is 9.80 Å². The molecule has 7 aromatic rings. The van der Waals surface area contributed by atoms with Crippen molar-refractivity contribution in [3.8, 4) is 0 Å². The highest BCUT2D eigenvalue weighted by Gasteiger charge is 2.25. The molecule has 0 radical (unpaired) electrons. The van der Waals surface area contributed by atoms with Crippen molar-refractivity contribution < 1.29 is 0 Å². The van der Waals surface area contributed by atoms with E-state index in [9.17, 15) is 0 Å². The first-order valence-electron chi connectivity index (χ1n) is 20.5. The third-order valence-electron chi connectivity index (χ3n) is 7.93. The Hall–Kier alpha value is -5.34. The summed E-state index contributed by atoms with van der Waals surface area (Å²) in [5, 5.41) is 4.79. The van der Waals surface area contributed by atoms with Crippen molar-refractivity contribution in [3.05, 3.63) is 169 Å². The van der Waals surface area contributed by atoms with Crippen LogP contribution in [0.2, 0.25) is 0 Å². The van der Waals surface area contributed by atoms with Gasteiger partial charge >= 0.3 is 0 Å². The molecule has 0 saturated carbocycles. The summed E-state index contributed by atoms with van der Waals surface area (Å²) < 4.78 is 0.